The van der Waals surface area contributed by atoms with Gasteiger partial charge in [0.1, 0.15) is 0 Å². The zero-order valence-electron chi connectivity index (χ0n) is 8.90. The number of hydrogen-bond donors (Lipinski definition) is 1. The van der Waals surface area contributed by atoms with Gasteiger partial charge in [0.25, 0.3) is 0 Å². The highest BCUT2D eigenvalue weighted by Crippen LogP contribution is 2.21. The van der Waals surface area contributed by atoms with Crippen molar-refractivity contribution in [1.82, 2.24) is 9.97 Å². The Morgan fingerprint density at radius 3 is 3.12 bits per heavy atom. The number of nitrogens with one attached hydrogen (secondary N) is 1. The average Bonchev–Trinajstić information content (AvgIpc) is 2.30. The van der Waals surface area contributed by atoms with Crippen LogP contribution >= 0.6 is 15.9 Å². The molecule has 0 aliphatic heterocycles. The fourth-order valence-corrected chi connectivity index (χ4v) is 1.84. The summed E-state index contributed by atoms with van der Waals surface area (Å²) in [6, 6.07) is 5.92. The molecule has 1 aromatic heterocycles. The summed E-state index contributed by atoms with van der Waals surface area (Å²) >= 11 is 3.47. The van der Waals surface area contributed by atoms with Crippen LogP contribution in [0.1, 0.15) is 0 Å². The first kappa shape index (κ1) is 11.3. The molecule has 84 valence electrons. The van der Waals surface area contributed by atoms with E-state index in [4.69, 9.17) is 4.74 Å². The number of methoxy groups -OCH3 is 1. The number of hydrogen-bond acceptors (Lipinski definition) is 4. The van der Waals surface area contributed by atoms with Gasteiger partial charge in [-0.25, -0.2) is 9.97 Å². The third kappa shape index (κ3) is 2.48. The SMILES string of the molecule is COCCNc1ncc2cccc(Br)c2n1. The Bertz CT molecular complexity index is 490. The Balaban J connectivity index is 2.25. The Morgan fingerprint density at radius 1 is 1.44 bits per heavy atom. The number of ether oxygens (including phenoxy) is 1. The first-order valence-electron chi connectivity index (χ1n) is 4.95. The van der Waals surface area contributed by atoms with Crippen molar-refractivity contribution in [2.45, 2.75) is 0 Å². The van der Waals surface area contributed by atoms with E-state index in [0.29, 0.717) is 19.1 Å². The second-order valence-electron chi connectivity index (χ2n) is 3.29. The first-order valence-corrected chi connectivity index (χ1v) is 5.74. The number of aromatic nitrogens is 2. The molecule has 1 aromatic carbocycles. The van der Waals surface area contributed by atoms with Crippen LogP contribution in [0, 0.1) is 0 Å². The van der Waals surface area contributed by atoms with Gasteiger partial charge in [0.05, 0.1) is 12.1 Å². The molecule has 0 amide bonds. The maximum Gasteiger partial charge on any atom is 0.223 e. The van der Waals surface area contributed by atoms with Crippen molar-refractivity contribution in [3.63, 3.8) is 0 Å². The molecule has 4 nitrogen and oxygen atoms in total. The molecule has 0 saturated heterocycles. The van der Waals surface area contributed by atoms with Gasteiger partial charge in [0, 0.05) is 29.7 Å². The largest absolute Gasteiger partial charge is 0.383 e. The lowest BCUT2D eigenvalue weighted by Crippen LogP contribution is -2.10. The van der Waals surface area contributed by atoms with E-state index in [1.165, 1.54) is 0 Å². The molecule has 0 unspecified atom stereocenters. The molecule has 5 heteroatoms. The molecule has 0 bridgehead atoms. The summed E-state index contributed by atoms with van der Waals surface area (Å²) in [6.07, 6.45) is 1.81. The third-order valence-corrected chi connectivity index (χ3v) is 2.79. The number of nitrogens with zero attached hydrogens (tertiary/aromatic N) is 2. The van der Waals surface area contributed by atoms with Gasteiger partial charge in [-0.1, -0.05) is 12.1 Å². The monoisotopic (exact) mass is 281 g/mol. The van der Waals surface area contributed by atoms with E-state index in [-0.39, 0.29) is 0 Å². The summed E-state index contributed by atoms with van der Waals surface area (Å²) in [7, 11) is 1.67. The van der Waals surface area contributed by atoms with Crippen LogP contribution in [0.25, 0.3) is 10.9 Å². The highest BCUT2D eigenvalue weighted by Gasteiger charge is 2.02. The zero-order chi connectivity index (χ0) is 11.4. The van der Waals surface area contributed by atoms with Crippen molar-refractivity contribution >= 4 is 32.8 Å². The number of benzene rings is 1. The second-order valence-corrected chi connectivity index (χ2v) is 4.15. The average molecular weight is 282 g/mol. The minimum absolute atomic E-state index is 0.622. The van der Waals surface area contributed by atoms with Crippen LogP contribution in [0.5, 0.6) is 0 Å². The number of rotatable bonds is 4. The Morgan fingerprint density at radius 2 is 2.31 bits per heavy atom. The molecule has 1 N–H and O–H groups in total. The third-order valence-electron chi connectivity index (χ3n) is 2.15. The van der Waals surface area contributed by atoms with Gasteiger partial charge in [0.2, 0.25) is 5.95 Å². The lowest BCUT2D eigenvalue weighted by Gasteiger charge is -2.05. The minimum Gasteiger partial charge on any atom is -0.383 e. The number of fused-ring (bicyclic) bond motifs is 1. The van der Waals surface area contributed by atoms with Crippen LogP contribution in [0.3, 0.4) is 0 Å². The highest BCUT2D eigenvalue weighted by atomic mass is 79.9. The van der Waals surface area contributed by atoms with E-state index in [2.05, 4.69) is 31.2 Å². The summed E-state index contributed by atoms with van der Waals surface area (Å²) in [5.74, 6) is 0.622. The maximum absolute atomic E-state index is 4.95. The lowest BCUT2D eigenvalue weighted by molar-refractivity contribution is 0.210. The van der Waals surface area contributed by atoms with E-state index in [9.17, 15) is 0 Å². The molecular formula is C11H12BrN3O. The predicted octanol–water partition coefficient (Wildman–Crippen LogP) is 2.45. The molecule has 0 radical (unpaired) electrons. The topological polar surface area (TPSA) is 47.0 Å². The summed E-state index contributed by atoms with van der Waals surface area (Å²) < 4.78 is 5.92. The smallest absolute Gasteiger partial charge is 0.223 e. The standard InChI is InChI=1S/C11H12BrN3O/c1-16-6-5-13-11-14-7-8-3-2-4-9(12)10(8)15-11/h2-4,7H,5-6H2,1H3,(H,13,14,15). The van der Waals surface area contributed by atoms with Crippen molar-refractivity contribution < 1.29 is 4.74 Å². The van der Waals surface area contributed by atoms with Gasteiger partial charge >= 0.3 is 0 Å². The van der Waals surface area contributed by atoms with Gasteiger partial charge in [-0.3, -0.25) is 0 Å². The lowest BCUT2D eigenvalue weighted by atomic mass is 10.2. The fraction of sp³-hybridized carbons (Fsp3) is 0.273. The van der Waals surface area contributed by atoms with Crippen LogP contribution in [0.4, 0.5) is 5.95 Å². The molecule has 1 heterocycles. The fourth-order valence-electron chi connectivity index (χ4n) is 1.37. The maximum atomic E-state index is 4.95. The molecule has 2 rings (SSSR count). The first-order chi connectivity index (χ1) is 7.81. The molecule has 0 aliphatic rings. The molecule has 0 saturated carbocycles. The van der Waals surface area contributed by atoms with E-state index >= 15 is 0 Å². The Kier molecular flexibility index (Phi) is 3.69. The molecule has 0 fully saturated rings. The van der Waals surface area contributed by atoms with Crippen LogP contribution in [-0.4, -0.2) is 30.2 Å². The molecule has 0 spiro atoms. The van der Waals surface area contributed by atoms with Crippen LogP contribution in [-0.2, 0) is 4.74 Å². The van der Waals surface area contributed by atoms with Gasteiger partial charge in [-0.05, 0) is 22.0 Å². The molecule has 0 aliphatic carbocycles. The summed E-state index contributed by atoms with van der Waals surface area (Å²) in [6.45, 7) is 1.34. The van der Waals surface area contributed by atoms with Crippen molar-refractivity contribution in [2.75, 3.05) is 25.6 Å². The van der Waals surface area contributed by atoms with Gasteiger partial charge < -0.3 is 10.1 Å². The van der Waals surface area contributed by atoms with Gasteiger partial charge in [0.15, 0.2) is 0 Å². The number of para-hydroxylation sites is 1. The van der Waals surface area contributed by atoms with Crippen LogP contribution < -0.4 is 5.32 Å². The molecule has 0 atom stereocenters. The normalized spacial score (nSPS) is 10.6. The summed E-state index contributed by atoms with van der Waals surface area (Å²) in [4.78, 5) is 8.64. The van der Waals surface area contributed by atoms with E-state index in [0.717, 1.165) is 15.4 Å². The number of anilines is 1. The molecule has 2 aromatic rings. The van der Waals surface area contributed by atoms with Crippen molar-refractivity contribution in [2.24, 2.45) is 0 Å². The minimum atomic E-state index is 0.622. The summed E-state index contributed by atoms with van der Waals surface area (Å²) in [5.41, 5.74) is 0.914. The molecular weight excluding hydrogens is 270 g/mol. The summed E-state index contributed by atoms with van der Waals surface area (Å²) in [5, 5.41) is 4.12. The van der Waals surface area contributed by atoms with Gasteiger partial charge in [-0.15, -0.1) is 0 Å². The predicted molar refractivity (Wildman–Crippen MR) is 67.6 cm³/mol. The second kappa shape index (κ2) is 5.23. The molecule has 16 heavy (non-hydrogen) atoms. The van der Waals surface area contributed by atoms with Crippen molar-refractivity contribution in [1.29, 1.82) is 0 Å². The van der Waals surface area contributed by atoms with E-state index in [1.54, 1.807) is 7.11 Å². The van der Waals surface area contributed by atoms with Crippen LogP contribution in [0.15, 0.2) is 28.9 Å². The Labute approximate surface area is 102 Å². The van der Waals surface area contributed by atoms with E-state index < -0.39 is 0 Å². The quantitative estimate of drug-likeness (QED) is 0.875. The zero-order valence-corrected chi connectivity index (χ0v) is 10.5. The number of halogens is 1. The van der Waals surface area contributed by atoms with Crippen molar-refractivity contribution in [3.05, 3.63) is 28.9 Å². The van der Waals surface area contributed by atoms with Crippen LogP contribution in [0.2, 0.25) is 0 Å². The van der Waals surface area contributed by atoms with Gasteiger partial charge in [-0.2, -0.15) is 0 Å². The van der Waals surface area contributed by atoms with Crippen molar-refractivity contribution in [3.8, 4) is 0 Å². The van der Waals surface area contributed by atoms with E-state index in [1.807, 2.05) is 24.4 Å². The Hall–Kier alpha value is -1.20. The highest BCUT2D eigenvalue weighted by molar-refractivity contribution is 9.10.